The second-order valence-electron chi connectivity index (χ2n) is 5.12. The van der Waals surface area contributed by atoms with Gasteiger partial charge >= 0.3 is 0 Å². The standard InChI is InChI=1S/C16H23N3O2/c1-4-9-17-13(3)16-19-18-15(21-16)8-10-20-14-7-5-6-12(2)11-14/h5-7,11,13,17H,4,8-10H2,1-3H3. The molecule has 0 saturated carbocycles. The summed E-state index contributed by atoms with van der Waals surface area (Å²) in [6.45, 7) is 7.66. The molecule has 0 saturated heterocycles. The highest BCUT2D eigenvalue weighted by Crippen LogP contribution is 2.14. The fourth-order valence-corrected chi connectivity index (χ4v) is 1.95. The first kappa shape index (κ1) is 15.5. The monoisotopic (exact) mass is 289 g/mol. The molecule has 0 aliphatic heterocycles. The van der Waals surface area contributed by atoms with Crippen LogP contribution in [0.2, 0.25) is 0 Å². The lowest BCUT2D eigenvalue weighted by atomic mass is 10.2. The van der Waals surface area contributed by atoms with Crippen molar-refractivity contribution < 1.29 is 9.15 Å². The Balaban J connectivity index is 1.80. The van der Waals surface area contributed by atoms with Crippen molar-refractivity contribution >= 4 is 0 Å². The number of ether oxygens (including phenoxy) is 1. The fourth-order valence-electron chi connectivity index (χ4n) is 1.95. The van der Waals surface area contributed by atoms with Gasteiger partial charge in [0.1, 0.15) is 5.75 Å². The van der Waals surface area contributed by atoms with E-state index in [0.29, 0.717) is 24.8 Å². The van der Waals surface area contributed by atoms with Gasteiger partial charge in [-0.2, -0.15) is 0 Å². The van der Waals surface area contributed by atoms with Crippen molar-refractivity contribution in [2.45, 2.75) is 39.7 Å². The molecule has 0 spiro atoms. The first-order valence-corrected chi connectivity index (χ1v) is 7.44. The molecule has 5 heteroatoms. The molecule has 2 rings (SSSR count). The number of nitrogens with one attached hydrogen (secondary N) is 1. The van der Waals surface area contributed by atoms with Crippen molar-refractivity contribution in [3.8, 4) is 5.75 Å². The molecule has 1 aromatic heterocycles. The Hall–Kier alpha value is -1.88. The topological polar surface area (TPSA) is 60.2 Å². The maximum atomic E-state index is 5.68. The van der Waals surface area contributed by atoms with Crippen molar-refractivity contribution in [3.05, 3.63) is 41.6 Å². The predicted octanol–water partition coefficient (Wildman–Crippen LogP) is 3.06. The second-order valence-corrected chi connectivity index (χ2v) is 5.12. The molecule has 1 N–H and O–H groups in total. The summed E-state index contributed by atoms with van der Waals surface area (Å²) in [5.41, 5.74) is 1.18. The van der Waals surface area contributed by atoms with Gasteiger partial charge in [-0.1, -0.05) is 19.1 Å². The van der Waals surface area contributed by atoms with Crippen molar-refractivity contribution in [1.82, 2.24) is 15.5 Å². The number of aromatic nitrogens is 2. The van der Waals surface area contributed by atoms with E-state index in [1.165, 1.54) is 5.56 Å². The van der Waals surface area contributed by atoms with E-state index in [4.69, 9.17) is 9.15 Å². The predicted molar refractivity (Wildman–Crippen MR) is 81.4 cm³/mol. The first-order valence-electron chi connectivity index (χ1n) is 7.44. The number of rotatable bonds is 8. The van der Waals surface area contributed by atoms with Crippen molar-refractivity contribution in [1.29, 1.82) is 0 Å². The number of hydrogen-bond acceptors (Lipinski definition) is 5. The molecular weight excluding hydrogens is 266 g/mol. The maximum absolute atomic E-state index is 5.68. The fraction of sp³-hybridized carbons (Fsp3) is 0.500. The summed E-state index contributed by atoms with van der Waals surface area (Å²) >= 11 is 0. The SMILES string of the molecule is CCCNC(C)c1nnc(CCOc2cccc(C)c2)o1. The van der Waals surface area contributed by atoms with E-state index >= 15 is 0 Å². The zero-order valence-electron chi connectivity index (χ0n) is 12.9. The van der Waals surface area contributed by atoms with Gasteiger partial charge in [-0.3, -0.25) is 0 Å². The smallest absolute Gasteiger partial charge is 0.233 e. The summed E-state index contributed by atoms with van der Waals surface area (Å²) in [5, 5.41) is 11.5. The third-order valence-corrected chi connectivity index (χ3v) is 3.13. The van der Waals surface area contributed by atoms with Gasteiger partial charge in [0, 0.05) is 0 Å². The van der Waals surface area contributed by atoms with E-state index < -0.39 is 0 Å². The Morgan fingerprint density at radius 3 is 2.95 bits per heavy atom. The van der Waals surface area contributed by atoms with Crippen LogP contribution in [0.15, 0.2) is 28.7 Å². The summed E-state index contributed by atoms with van der Waals surface area (Å²) in [6.07, 6.45) is 1.69. The van der Waals surface area contributed by atoms with Crippen LogP contribution in [0.1, 0.15) is 43.7 Å². The van der Waals surface area contributed by atoms with E-state index in [2.05, 4.69) is 22.4 Å². The lowest BCUT2D eigenvalue weighted by Crippen LogP contribution is -2.19. The third kappa shape index (κ3) is 4.86. The summed E-state index contributed by atoms with van der Waals surface area (Å²) in [6, 6.07) is 8.07. The first-order chi connectivity index (χ1) is 10.2. The molecule has 1 aromatic carbocycles. The molecule has 0 fully saturated rings. The summed E-state index contributed by atoms with van der Waals surface area (Å²) in [4.78, 5) is 0. The average Bonchev–Trinajstić information content (AvgIpc) is 2.94. The minimum absolute atomic E-state index is 0.0869. The molecule has 2 aromatic rings. The molecular formula is C16H23N3O2. The van der Waals surface area contributed by atoms with E-state index in [0.717, 1.165) is 18.7 Å². The quantitative estimate of drug-likeness (QED) is 0.809. The molecule has 0 aliphatic rings. The zero-order valence-corrected chi connectivity index (χ0v) is 12.9. The van der Waals surface area contributed by atoms with Gasteiger partial charge in [-0.15, -0.1) is 10.2 Å². The van der Waals surface area contributed by atoms with Crippen LogP contribution in [0.25, 0.3) is 0 Å². The Bertz CT molecular complexity index is 554. The highest BCUT2D eigenvalue weighted by molar-refractivity contribution is 5.27. The molecule has 1 heterocycles. The Morgan fingerprint density at radius 2 is 2.19 bits per heavy atom. The minimum Gasteiger partial charge on any atom is -0.493 e. The summed E-state index contributed by atoms with van der Waals surface area (Å²) in [5.74, 6) is 2.12. The highest BCUT2D eigenvalue weighted by atomic mass is 16.5. The van der Waals surface area contributed by atoms with Gasteiger partial charge < -0.3 is 14.5 Å². The van der Waals surface area contributed by atoms with Crippen molar-refractivity contribution in [3.63, 3.8) is 0 Å². The minimum atomic E-state index is 0.0869. The van der Waals surface area contributed by atoms with Crippen molar-refractivity contribution in [2.24, 2.45) is 0 Å². The Labute approximate surface area is 125 Å². The molecule has 0 amide bonds. The van der Waals surface area contributed by atoms with E-state index in [-0.39, 0.29) is 6.04 Å². The van der Waals surface area contributed by atoms with E-state index in [1.54, 1.807) is 0 Å². The van der Waals surface area contributed by atoms with Crippen LogP contribution in [0.4, 0.5) is 0 Å². The highest BCUT2D eigenvalue weighted by Gasteiger charge is 2.12. The molecule has 0 aliphatic carbocycles. The largest absolute Gasteiger partial charge is 0.493 e. The van der Waals surface area contributed by atoms with Crippen LogP contribution in [0.3, 0.4) is 0 Å². The molecule has 1 unspecified atom stereocenters. The second kappa shape index (κ2) is 7.78. The number of hydrogen-bond donors (Lipinski definition) is 1. The van der Waals surface area contributed by atoms with Crippen LogP contribution in [-0.4, -0.2) is 23.3 Å². The van der Waals surface area contributed by atoms with Gasteiger partial charge in [-0.05, 0) is 44.5 Å². The van der Waals surface area contributed by atoms with Crippen LogP contribution in [0.5, 0.6) is 5.75 Å². The average molecular weight is 289 g/mol. The summed E-state index contributed by atoms with van der Waals surface area (Å²) in [7, 11) is 0. The number of benzene rings is 1. The van der Waals surface area contributed by atoms with Gasteiger partial charge in [0.05, 0.1) is 19.1 Å². The normalized spacial score (nSPS) is 12.3. The maximum Gasteiger partial charge on any atom is 0.233 e. The molecule has 0 radical (unpaired) electrons. The van der Waals surface area contributed by atoms with Crippen LogP contribution < -0.4 is 10.1 Å². The molecule has 114 valence electrons. The van der Waals surface area contributed by atoms with Crippen LogP contribution in [0, 0.1) is 6.92 Å². The van der Waals surface area contributed by atoms with Crippen LogP contribution >= 0.6 is 0 Å². The summed E-state index contributed by atoms with van der Waals surface area (Å²) < 4.78 is 11.3. The zero-order chi connectivity index (χ0) is 15.1. The number of nitrogens with zero attached hydrogens (tertiary/aromatic N) is 2. The Morgan fingerprint density at radius 1 is 1.33 bits per heavy atom. The van der Waals surface area contributed by atoms with Gasteiger partial charge in [-0.25, -0.2) is 0 Å². The van der Waals surface area contributed by atoms with Gasteiger partial charge in [0.25, 0.3) is 0 Å². The molecule has 5 nitrogen and oxygen atoms in total. The molecule has 21 heavy (non-hydrogen) atoms. The van der Waals surface area contributed by atoms with Gasteiger partial charge in [0.15, 0.2) is 0 Å². The lowest BCUT2D eigenvalue weighted by Gasteiger charge is -2.07. The Kier molecular flexibility index (Phi) is 5.75. The number of aryl methyl sites for hydroxylation is 1. The molecule has 1 atom stereocenters. The van der Waals surface area contributed by atoms with Crippen LogP contribution in [-0.2, 0) is 6.42 Å². The van der Waals surface area contributed by atoms with Crippen molar-refractivity contribution in [2.75, 3.05) is 13.2 Å². The van der Waals surface area contributed by atoms with E-state index in [9.17, 15) is 0 Å². The third-order valence-electron chi connectivity index (χ3n) is 3.13. The van der Waals surface area contributed by atoms with E-state index in [1.807, 2.05) is 38.1 Å². The van der Waals surface area contributed by atoms with Gasteiger partial charge in [0.2, 0.25) is 11.8 Å². The lowest BCUT2D eigenvalue weighted by molar-refractivity contribution is 0.300. The molecule has 0 bridgehead atoms.